The van der Waals surface area contributed by atoms with Crippen LogP contribution in [0.5, 0.6) is 0 Å². The zero-order valence-electron chi connectivity index (χ0n) is 13.1. The molecule has 0 radical (unpaired) electrons. The average molecular weight is 310 g/mol. The highest BCUT2D eigenvalue weighted by atomic mass is 32.2. The van der Waals surface area contributed by atoms with Crippen molar-refractivity contribution in [2.45, 2.75) is 57.5 Å². The van der Waals surface area contributed by atoms with Crippen LogP contribution in [0.15, 0.2) is 23.1 Å². The van der Waals surface area contributed by atoms with Crippen molar-refractivity contribution in [1.29, 1.82) is 0 Å². The Kier molecular flexibility index (Phi) is 5.41. The standard InChI is InChI=1S/C16H26N2O2S/c1-12(2)9-10-18-21(19,20)16-6-4-5-14(13(16)3)11-17-15-7-8-15/h4-6,12,15,17-18H,7-11H2,1-3H3. The second-order valence-electron chi connectivity index (χ2n) is 6.28. The third-order valence-electron chi connectivity index (χ3n) is 3.86. The quantitative estimate of drug-likeness (QED) is 0.776. The van der Waals surface area contributed by atoms with Crippen LogP contribution in [0.1, 0.15) is 44.2 Å². The molecule has 5 heteroatoms. The first kappa shape index (κ1) is 16.5. The minimum atomic E-state index is -3.41. The van der Waals surface area contributed by atoms with E-state index in [9.17, 15) is 8.42 Å². The summed E-state index contributed by atoms with van der Waals surface area (Å²) in [6.07, 6.45) is 3.31. The van der Waals surface area contributed by atoms with Gasteiger partial charge in [-0.25, -0.2) is 13.1 Å². The molecule has 0 aliphatic heterocycles. The van der Waals surface area contributed by atoms with Gasteiger partial charge in [0.1, 0.15) is 0 Å². The molecule has 0 heterocycles. The number of benzene rings is 1. The molecule has 4 nitrogen and oxygen atoms in total. The van der Waals surface area contributed by atoms with E-state index in [0.29, 0.717) is 23.4 Å². The molecular weight excluding hydrogens is 284 g/mol. The van der Waals surface area contributed by atoms with Crippen LogP contribution in [-0.2, 0) is 16.6 Å². The maximum atomic E-state index is 12.4. The van der Waals surface area contributed by atoms with Crippen LogP contribution >= 0.6 is 0 Å². The monoisotopic (exact) mass is 310 g/mol. The van der Waals surface area contributed by atoms with Crippen molar-refractivity contribution in [3.8, 4) is 0 Å². The minimum Gasteiger partial charge on any atom is -0.310 e. The Morgan fingerprint density at radius 1 is 1.29 bits per heavy atom. The average Bonchev–Trinajstić information content (AvgIpc) is 3.20. The van der Waals surface area contributed by atoms with E-state index >= 15 is 0 Å². The lowest BCUT2D eigenvalue weighted by molar-refractivity contribution is 0.551. The van der Waals surface area contributed by atoms with Gasteiger partial charge in [0.2, 0.25) is 10.0 Å². The van der Waals surface area contributed by atoms with Crippen LogP contribution in [0, 0.1) is 12.8 Å². The molecule has 1 saturated carbocycles. The van der Waals surface area contributed by atoms with Gasteiger partial charge in [0, 0.05) is 19.1 Å². The summed E-state index contributed by atoms with van der Waals surface area (Å²) in [5.41, 5.74) is 1.91. The maximum Gasteiger partial charge on any atom is 0.240 e. The molecule has 1 aliphatic carbocycles. The summed E-state index contributed by atoms with van der Waals surface area (Å²) in [5.74, 6) is 0.489. The lowest BCUT2D eigenvalue weighted by Gasteiger charge is -2.14. The molecule has 1 aliphatic rings. The van der Waals surface area contributed by atoms with Crippen LogP contribution in [0.3, 0.4) is 0 Å². The molecule has 21 heavy (non-hydrogen) atoms. The van der Waals surface area contributed by atoms with Crippen molar-refractivity contribution < 1.29 is 8.42 Å². The van der Waals surface area contributed by atoms with Crippen LogP contribution in [0.4, 0.5) is 0 Å². The van der Waals surface area contributed by atoms with E-state index in [1.54, 1.807) is 6.07 Å². The van der Waals surface area contributed by atoms with Gasteiger partial charge in [-0.15, -0.1) is 0 Å². The van der Waals surface area contributed by atoms with Gasteiger partial charge in [-0.3, -0.25) is 0 Å². The fourth-order valence-electron chi connectivity index (χ4n) is 2.24. The van der Waals surface area contributed by atoms with Crippen LogP contribution in [0.2, 0.25) is 0 Å². The molecule has 0 aromatic heterocycles. The third-order valence-corrected chi connectivity index (χ3v) is 5.46. The zero-order valence-corrected chi connectivity index (χ0v) is 14.0. The molecule has 118 valence electrons. The molecule has 1 fully saturated rings. The van der Waals surface area contributed by atoms with Crippen molar-refractivity contribution in [2.75, 3.05) is 6.54 Å². The van der Waals surface area contributed by atoms with E-state index in [2.05, 4.69) is 23.9 Å². The van der Waals surface area contributed by atoms with Gasteiger partial charge in [-0.05, 0) is 49.3 Å². The minimum absolute atomic E-state index is 0.404. The highest BCUT2D eigenvalue weighted by Crippen LogP contribution is 2.22. The first-order valence-corrected chi connectivity index (χ1v) is 9.20. The molecule has 0 unspecified atom stereocenters. The zero-order chi connectivity index (χ0) is 15.5. The molecule has 0 spiro atoms. The van der Waals surface area contributed by atoms with Gasteiger partial charge in [-0.2, -0.15) is 0 Å². The largest absolute Gasteiger partial charge is 0.310 e. The summed E-state index contributed by atoms with van der Waals surface area (Å²) >= 11 is 0. The number of hydrogen-bond acceptors (Lipinski definition) is 3. The van der Waals surface area contributed by atoms with Crippen molar-refractivity contribution in [3.63, 3.8) is 0 Å². The molecular formula is C16H26N2O2S. The summed E-state index contributed by atoms with van der Waals surface area (Å²) in [7, 11) is -3.41. The number of rotatable bonds is 8. The van der Waals surface area contributed by atoms with E-state index in [4.69, 9.17) is 0 Å². The second kappa shape index (κ2) is 6.90. The SMILES string of the molecule is Cc1c(CNC2CC2)cccc1S(=O)(=O)NCCC(C)C. The Hall–Kier alpha value is -0.910. The summed E-state index contributed by atoms with van der Waals surface area (Å²) < 4.78 is 27.5. The molecule has 2 rings (SSSR count). The maximum absolute atomic E-state index is 12.4. The molecule has 2 N–H and O–H groups in total. The highest BCUT2D eigenvalue weighted by Gasteiger charge is 2.22. The summed E-state index contributed by atoms with van der Waals surface area (Å²) in [4.78, 5) is 0.404. The first-order chi connectivity index (χ1) is 9.90. The van der Waals surface area contributed by atoms with E-state index in [1.165, 1.54) is 12.8 Å². The first-order valence-electron chi connectivity index (χ1n) is 7.71. The fourth-order valence-corrected chi connectivity index (χ4v) is 3.58. The van der Waals surface area contributed by atoms with E-state index in [-0.39, 0.29) is 0 Å². The summed E-state index contributed by atoms with van der Waals surface area (Å²) in [6, 6.07) is 6.13. The third kappa shape index (κ3) is 4.80. The van der Waals surface area contributed by atoms with Crippen LogP contribution in [0.25, 0.3) is 0 Å². The van der Waals surface area contributed by atoms with E-state index < -0.39 is 10.0 Å². The van der Waals surface area contributed by atoms with Gasteiger partial charge in [0.15, 0.2) is 0 Å². The Labute approximate surface area is 128 Å². The number of nitrogens with one attached hydrogen (secondary N) is 2. The Morgan fingerprint density at radius 3 is 2.62 bits per heavy atom. The molecule has 0 saturated heterocycles. The Bertz CT molecular complexity index is 578. The smallest absolute Gasteiger partial charge is 0.240 e. The molecule has 0 atom stereocenters. The Balaban J connectivity index is 2.08. The number of hydrogen-bond donors (Lipinski definition) is 2. The lowest BCUT2D eigenvalue weighted by Crippen LogP contribution is -2.27. The van der Waals surface area contributed by atoms with Crippen molar-refractivity contribution in [2.24, 2.45) is 5.92 Å². The van der Waals surface area contributed by atoms with Gasteiger partial charge < -0.3 is 5.32 Å². The van der Waals surface area contributed by atoms with Gasteiger partial charge in [-0.1, -0.05) is 26.0 Å². The van der Waals surface area contributed by atoms with Crippen LogP contribution in [-0.4, -0.2) is 21.0 Å². The second-order valence-corrected chi connectivity index (χ2v) is 8.01. The predicted molar refractivity (Wildman–Crippen MR) is 85.7 cm³/mol. The predicted octanol–water partition coefficient (Wildman–Crippen LogP) is 2.57. The van der Waals surface area contributed by atoms with Gasteiger partial charge in [0.05, 0.1) is 4.90 Å². The van der Waals surface area contributed by atoms with Gasteiger partial charge >= 0.3 is 0 Å². The normalized spacial score (nSPS) is 15.6. The van der Waals surface area contributed by atoms with E-state index in [1.807, 2.05) is 19.1 Å². The molecule has 0 bridgehead atoms. The molecule has 1 aromatic rings. The topological polar surface area (TPSA) is 58.2 Å². The molecule has 0 amide bonds. The van der Waals surface area contributed by atoms with Crippen molar-refractivity contribution in [1.82, 2.24) is 10.0 Å². The summed E-state index contributed by atoms with van der Waals surface area (Å²) in [5, 5.41) is 3.44. The Morgan fingerprint density at radius 2 is 2.00 bits per heavy atom. The number of sulfonamides is 1. The summed E-state index contributed by atoms with van der Waals surface area (Å²) in [6.45, 7) is 7.30. The van der Waals surface area contributed by atoms with Crippen molar-refractivity contribution >= 4 is 10.0 Å². The van der Waals surface area contributed by atoms with Gasteiger partial charge in [0.25, 0.3) is 0 Å². The molecule has 1 aromatic carbocycles. The van der Waals surface area contributed by atoms with E-state index in [0.717, 1.165) is 24.1 Å². The highest BCUT2D eigenvalue weighted by molar-refractivity contribution is 7.89. The lowest BCUT2D eigenvalue weighted by atomic mass is 10.1. The van der Waals surface area contributed by atoms with Crippen LogP contribution < -0.4 is 10.0 Å². The van der Waals surface area contributed by atoms with Crippen molar-refractivity contribution in [3.05, 3.63) is 29.3 Å². The fraction of sp³-hybridized carbons (Fsp3) is 0.625.